The Morgan fingerprint density at radius 1 is 1.71 bits per heavy atom. The lowest BCUT2D eigenvalue weighted by molar-refractivity contribution is -0.124. The molecule has 1 aromatic heterocycles. The Labute approximate surface area is 106 Å². The van der Waals surface area contributed by atoms with Crippen LogP contribution in [0.15, 0.2) is 5.38 Å². The number of aromatic nitrogens is 1. The molecule has 5 heteroatoms. The summed E-state index contributed by atoms with van der Waals surface area (Å²) >= 11 is 1.61. The molecule has 1 saturated heterocycles. The van der Waals surface area contributed by atoms with E-state index in [1.165, 1.54) is 0 Å². The first-order chi connectivity index (χ1) is 8.15. The van der Waals surface area contributed by atoms with E-state index in [-0.39, 0.29) is 11.9 Å². The van der Waals surface area contributed by atoms with Gasteiger partial charge in [-0.1, -0.05) is 6.92 Å². The van der Waals surface area contributed by atoms with E-state index in [1.54, 1.807) is 11.3 Å². The summed E-state index contributed by atoms with van der Waals surface area (Å²) in [5.74, 6) is 0.732. The molecule has 0 bridgehead atoms. The summed E-state index contributed by atoms with van der Waals surface area (Å²) in [4.78, 5) is 16.3. The molecule has 2 N–H and O–H groups in total. The van der Waals surface area contributed by atoms with E-state index in [9.17, 15) is 4.79 Å². The Hall–Kier alpha value is -0.940. The summed E-state index contributed by atoms with van der Waals surface area (Å²) in [6, 6.07) is -0.0292. The van der Waals surface area contributed by atoms with Gasteiger partial charge in [-0.3, -0.25) is 4.79 Å². The van der Waals surface area contributed by atoms with Crippen LogP contribution >= 0.6 is 11.3 Å². The molecule has 17 heavy (non-hydrogen) atoms. The highest BCUT2D eigenvalue weighted by Gasteiger charge is 2.24. The Kier molecular flexibility index (Phi) is 4.12. The molecule has 1 aliphatic rings. The molecule has 0 aromatic carbocycles. The van der Waals surface area contributed by atoms with Gasteiger partial charge in [0.1, 0.15) is 0 Å². The highest BCUT2D eigenvalue weighted by molar-refractivity contribution is 7.09. The fourth-order valence-corrected chi connectivity index (χ4v) is 2.71. The second-order valence-electron chi connectivity index (χ2n) is 4.71. The first-order valence-electron chi connectivity index (χ1n) is 6.07. The minimum Gasteiger partial charge on any atom is -0.349 e. The molecule has 2 unspecified atom stereocenters. The van der Waals surface area contributed by atoms with E-state index in [4.69, 9.17) is 0 Å². The summed E-state index contributed by atoms with van der Waals surface area (Å²) in [5, 5.41) is 9.24. The molecule has 0 spiro atoms. The molecule has 94 valence electrons. The van der Waals surface area contributed by atoms with Crippen molar-refractivity contribution in [3.63, 3.8) is 0 Å². The van der Waals surface area contributed by atoms with E-state index in [2.05, 4.69) is 22.5 Å². The van der Waals surface area contributed by atoms with E-state index >= 15 is 0 Å². The van der Waals surface area contributed by atoms with E-state index < -0.39 is 0 Å². The molecule has 4 nitrogen and oxygen atoms in total. The van der Waals surface area contributed by atoms with Crippen molar-refractivity contribution in [2.45, 2.75) is 39.3 Å². The van der Waals surface area contributed by atoms with Gasteiger partial charge in [0.25, 0.3) is 0 Å². The normalized spacial score (nSPS) is 24.6. The lowest BCUT2D eigenvalue weighted by Gasteiger charge is -2.27. The number of rotatable bonds is 3. The molecule has 1 fully saturated rings. The summed E-state index contributed by atoms with van der Waals surface area (Å²) < 4.78 is 0. The lowest BCUT2D eigenvalue weighted by Crippen LogP contribution is -2.48. The van der Waals surface area contributed by atoms with Crippen LogP contribution in [-0.4, -0.2) is 23.5 Å². The minimum atomic E-state index is -0.0292. The minimum absolute atomic E-state index is 0.0292. The van der Waals surface area contributed by atoms with Crippen molar-refractivity contribution in [1.82, 2.24) is 15.6 Å². The maximum atomic E-state index is 11.9. The summed E-state index contributed by atoms with van der Waals surface area (Å²) in [6.45, 7) is 5.65. The van der Waals surface area contributed by atoms with Crippen LogP contribution in [0.1, 0.15) is 30.5 Å². The van der Waals surface area contributed by atoms with Gasteiger partial charge >= 0.3 is 0 Å². The number of aryl methyl sites for hydroxylation is 1. The number of thiazole rings is 1. The summed E-state index contributed by atoms with van der Waals surface area (Å²) in [7, 11) is 0. The Morgan fingerprint density at radius 2 is 2.53 bits per heavy atom. The molecule has 2 atom stereocenters. The van der Waals surface area contributed by atoms with E-state index in [0.717, 1.165) is 30.1 Å². The van der Waals surface area contributed by atoms with Crippen LogP contribution in [0, 0.1) is 12.8 Å². The molecule has 2 rings (SSSR count). The quantitative estimate of drug-likeness (QED) is 0.857. The summed E-state index contributed by atoms with van der Waals surface area (Å²) in [6.07, 6.45) is 2.09. The molecule has 0 saturated carbocycles. The largest absolute Gasteiger partial charge is 0.349 e. The molecule has 0 aliphatic carbocycles. The van der Waals surface area contributed by atoms with E-state index in [1.807, 2.05) is 12.3 Å². The van der Waals surface area contributed by atoms with Crippen LogP contribution in [0.4, 0.5) is 0 Å². The number of nitrogens with zero attached hydrogens (tertiary/aromatic N) is 1. The number of amides is 1. The van der Waals surface area contributed by atoms with Gasteiger partial charge in [0, 0.05) is 5.38 Å². The molecular formula is C12H19N3OS. The van der Waals surface area contributed by atoms with Crippen LogP contribution in [0.2, 0.25) is 0 Å². The number of piperidine rings is 1. The highest BCUT2D eigenvalue weighted by atomic mass is 32.1. The van der Waals surface area contributed by atoms with Crippen LogP contribution < -0.4 is 10.6 Å². The van der Waals surface area contributed by atoms with Crippen molar-refractivity contribution in [2.24, 2.45) is 5.92 Å². The van der Waals surface area contributed by atoms with Crippen molar-refractivity contribution in [3.05, 3.63) is 16.1 Å². The average Bonchev–Trinajstić information content (AvgIpc) is 2.72. The molecule has 1 amide bonds. The number of hydrogen-bond donors (Lipinski definition) is 2. The molecule has 0 radical (unpaired) electrons. The number of hydrogen-bond acceptors (Lipinski definition) is 4. The molecule has 2 heterocycles. The Bertz CT molecular complexity index is 391. The first-order valence-corrected chi connectivity index (χ1v) is 6.95. The van der Waals surface area contributed by atoms with Crippen molar-refractivity contribution in [1.29, 1.82) is 0 Å². The smallest absolute Gasteiger partial charge is 0.237 e. The van der Waals surface area contributed by atoms with Gasteiger partial charge in [0.05, 0.1) is 23.3 Å². The van der Waals surface area contributed by atoms with Crippen molar-refractivity contribution in [2.75, 3.05) is 6.54 Å². The maximum Gasteiger partial charge on any atom is 0.237 e. The zero-order valence-electron chi connectivity index (χ0n) is 10.3. The first kappa shape index (κ1) is 12.5. The van der Waals surface area contributed by atoms with Crippen LogP contribution in [-0.2, 0) is 11.3 Å². The SMILES string of the molecule is Cc1nc(CNC(=O)C2CC(C)CCN2)cs1. The van der Waals surface area contributed by atoms with Gasteiger partial charge in [-0.2, -0.15) is 0 Å². The van der Waals surface area contributed by atoms with E-state index in [0.29, 0.717) is 12.5 Å². The third-order valence-electron chi connectivity index (χ3n) is 3.09. The molecule has 1 aliphatic heterocycles. The predicted molar refractivity (Wildman–Crippen MR) is 68.9 cm³/mol. The zero-order chi connectivity index (χ0) is 12.3. The molecule has 1 aromatic rings. The van der Waals surface area contributed by atoms with Gasteiger partial charge in [-0.05, 0) is 32.2 Å². The monoisotopic (exact) mass is 253 g/mol. The summed E-state index contributed by atoms with van der Waals surface area (Å²) in [5.41, 5.74) is 0.949. The fourth-order valence-electron chi connectivity index (χ4n) is 2.10. The topological polar surface area (TPSA) is 54.0 Å². The number of carbonyl (C=O) groups excluding carboxylic acids is 1. The fraction of sp³-hybridized carbons (Fsp3) is 0.667. The van der Waals surface area contributed by atoms with Gasteiger partial charge < -0.3 is 10.6 Å². The number of carbonyl (C=O) groups is 1. The lowest BCUT2D eigenvalue weighted by atomic mass is 9.94. The van der Waals surface area contributed by atoms with Crippen LogP contribution in [0.3, 0.4) is 0 Å². The van der Waals surface area contributed by atoms with Gasteiger partial charge in [-0.25, -0.2) is 4.98 Å². The average molecular weight is 253 g/mol. The standard InChI is InChI=1S/C12H19N3OS/c1-8-3-4-13-11(5-8)12(16)14-6-10-7-17-9(2)15-10/h7-8,11,13H,3-6H2,1-2H3,(H,14,16). The van der Waals surface area contributed by atoms with Crippen molar-refractivity contribution >= 4 is 17.2 Å². The van der Waals surface area contributed by atoms with Crippen molar-refractivity contribution < 1.29 is 4.79 Å². The second-order valence-corrected chi connectivity index (χ2v) is 5.77. The van der Waals surface area contributed by atoms with Gasteiger partial charge in [-0.15, -0.1) is 11.3 Å². The zero-order valence-corrected chi connectivity index (χ0v) is 11.1. The maximum absolute atomic E-state index is 11.9. The predicted octanol–water partition coefficient (Wildman–Crippen LogP) is 1.46. The van der Waals surface area contributed by atoms with Crippen LogP contribution in [0.5, 0.6) is 0 Å². The Morgan fingerprint density at radius 3 is 3.18 bits per heavy atom. The van der Waals surface area contributed by atoms with Gasteiger partial charge in [0.2, 0.25) is 5.91 Å². The molecular weight excluding hydrogens is 234 g/mol. The van der Waals surface area contributed by atoms with Crippen LogP contribution in [0.25, 0.3) is 0 Å². The Balaban J connectivity index is 1.80. The third-order valence-corrected chi connectivity index (χ3v) is 3.92. The highest BCUT2D eigenvalue weighted by Crippen LogP contribution is 2.15. The second kappa shape index (κ2) is 5.60. The number of nitrogens with one attached hydrogen (secondary N) is 2. The van der Waals surface area contributed by atoms with Gasteiger partial charge in [0.15, 0.2) is 0 Å². The third kappa shape index (κ3) is 3.51. The van der Waals surface area contributed by atoms with Crippen molar-refractivity contribution in [3.8, 4) is 0 Å².